The number of rotatable bonds is 0. The molecule has 1 N–H and O–H groups in total. The van der Waals surface area contributed by atoms with Crippen molar-refractivity contribution in [3.05, 3.63) is 0 Å². The van der Waals surface area contributed by atoms with Crippen molar-refractivity contribution in [2.45, 2.75) is 0 Å². The number of hydrogen-bond donors (Lipinski definition) is 1. The Balaban J connectivity index is 0.0000000833. The Morgan fingerprint density at radius 2 is 1.83 bits per heavy atom. The van der Waals surface area contributed by atoms with Gasteiger partial charge in [0.15, 0.2) is 0 Å². The van der Waals surface area contributed by atoms with Crippen molar-refractivity contribution in [3.63, 3.8) is 0 Å². The largest absolute Gasteiger partial charge is 0.462 e. The van der Waals surface area contributed by atoms with Crippen molar-refractivity contribution in [1.29, 1.82) is 0 Å². The third-order valence-corrected chi connectivity index (χ3v) is 0.204. The number of aliphatic hydroxyl groups is 1. The van der Waals surface area contributed by atoms with Crippen LogP contribution in [0.4, 0.5) is 0 Å². The first-order chi connectivity index (χ1) is 2.91. The van der Waals surface area contributed by atoms with Crippen LogP contribution >= 0.6 is 0 Å². The average Bonchev–Trinajstić information content (AvgIpc) is 2.11. The summed E-state index contributed by atoms with van der Waals surface area (Å²) in [7, 11) is 0. The molecule has 0 aromatic heterocycles. The first-order valence-electron chi connectivity index (χ1n) is 1.59. The van der Waals surface area contributed by atoms with Crippen molar-refractivity contribution in [1.82, 2.24) is 0 Å². The fraction of sp³-hybridized carbons (Fsp3) is 0.500. The summed E-state index contributed by atoms with van der Waals surface area (Å²) in [6.45, 7) is 2.00. The molecule has 0 unspecified atom stereocenters. The first-order valence-corrected chi connectivity index (χ1v) is 1.59. The average molecular weight is 86.1 g/mol. The van der Waals surface area contributed by atoms with Crippen LogP contribution < -0.4 is 0 Å². The second-order valence-electron chi connectivity index (χ2n) is 0.741. The molecule has 0 aliphatic carbocycles. The first kappa shape index (κ1) is 5.32. The predicted octanol–water partition coefficient (Wildman–Crippen LogP) is -0.0338. The normalized spacial score (nSPS) is 13.2. The summed E-state index contributed by atoms with van der Waals surface area (Å²) in [5, 5.41) is 7.10. The maximum absolute atomic E-state index is 7.10. The van der Waals surface area contributed by atoms with E-state index >= 15 is 0 Å². The fourth-order valence-corrected chi connectivity index (χ4v) is 0. The van der Waals surface area contributed by atoms with Crippen LogP contribution in [0.15, 0.2) is 0 Å². The minimum Gasteiger partial charge on any atom is -0.462 e. The quantitative estimate of drug-likeness (QED) is 0.331. The van der Waals surface area contributed by atoms with E-state index in [-0.39, 0.29) is 0 Å². The highest BCUT2D eigenvalue weighted by atomic mass is 16.6. The number of ether oxygens (including phenoxy) is 1. The van der Waals surface area contributed by atoms with Crippen LogP contribution in [-0.4, -0.2) is 18.3 Å². The highest BCUT2D eigenvalue weighted by molar-refractivity contribution is 4.61. The number of hydrogen-bond acceptors (Lipinski definition) is 2. The zero-order chi connectivity index (χ0) is 4.83. The standard InChI is InChI=1S/C2H4O.C2H2O/c1-2-3-1;1-2-3/h1-2H2;1,3H. The summed E-state index contributed by atoms with van der Waals surface area (Å²) >= 11 is 0. The maximum Gasteiger partial charge on any atom is 0.103 e. The van der Waals surface area contributed by atoms with E-state index in [1.807, 2.05) is 0 Å². The van der Waals surface area contributed by atoms with Gasteiger partial charge in [0, 0.05) is 0 Å². The van der Waals surface area contributed by atoms with Crippen LogP contribution in [0.1, 0.15) is 0 Å². The van der Waals surface area contributed by atoms with E-state index in [1.165, 1.54) is 6.11 Å². The van der Waals surface area contributed by atoms with Gasteiger partial charge < -0.3 is 9.84 Å². The Morgan fingerprint density at radius 1 is 1.67 bits per heavy atom. The molecule has 0 aromatic rings. The van der Waals surface area contributed by atoms with Crippen molar-refractivity contribution in [3.8, 4) is 12.5 Å². The third kappa shape index (κ3) is 175. The monoisotopic (exact) mass is 86.0 g/mol. The van der Waals surface area contributed by atoms with Crippen LogP contribution in [0.5, 0.6) is 0 Å². The molecular formula is C4H6O2. The fourth-order valence-electron chi connectivity index (χ4n) is 0. The van der Waals surface area contributed by atoms with Crippen molar-refractivity contribution in [2.24, 2.45) is 0 Å². The van der Waals surface area contributed by atoms with E-state index < -0.39 is 0 Å². The zero-order valence-corrected chi connectivity index (χ0v) is 3.35. The molecule has 0 amide bonds. The van der Waals surface area contributed by atoms with E-state index in [0.29, 0.717) is 0 Å². The maximum atomic E-state index is 7.10. The second-order valence-corrected chi connectivity index (χ2v) is 0.741. The molecule has 2 nitrogen and oxygen atoms in total. The van der Waals surface area contributed by atoms with Crippen molar-refractivity contribution < 1.29 is 9.84 Å². The van der Waals surface area contributed by atoms with Gasteiger partial charge in [-0.3, -0.25) is 0 Å². The van der Waals surface area contributed by atoms with Gasteiger partial charge in [-0.15, -0.1) is 0 Å². The van der Waals surface area contributed by atoms with Gasteiger partial charge in [-0.1, -0.05) is 6.42 Å². The van der Waals surface area contributed by atoms with Crippen LogP contribution in [0.3, 0.4) is 0 Å². The number of aliphatic hydroxyl groups excluding tert-OH is 1. The molecule has 0 saturated carbocycles. The molecule has 0 spiro atoms. The molecule has 0 radical (unpaired) electrons. The molecule has 1 saturated heterocycles. The summed E-state index contributed by atoms with van der Waals surface area (Å²) < 4.78 is 4.50. The van der Waals surface area contributed by atoms with E-state index in [2.05, 4.69) is 11.2 Å². The third-order valence-electron chi connectivity index (χ3n) is 0.204. The summed E-state index contributed by atoms with van der Waals surface area (Å²) in [6, 6.07) is 0. The lowest BCUT2D eigenvalue weighted by Crippen LogP contribution is -1.27. The van der Waals surface area contributed by atoms with Crippen LogP contribution in [0.2, 0.25) is 0 Å². The van der Waals surface area contributed by atoms with Crippen LogP contribution in [0.25, 0.3) is 0 Å². The second kappa shape index (κ2) is 4.32. The number of epoxide rings is 1. The Bertz CT molecular complexity index is 48.3. The molecule has 1 aliphatic rings. The van der Waals surface area contributed by atoms with Gasteiger partial charge >= 0.3 is 0 Å². The molecule has 0 atom stereocenters. The Labute approximate surface area is 36.7 Å². The predicted molar refractivity (Wildman–Crippen MR) is 21.6 cm³/mol. The minimum atomic E-state index is 1.00. The van der Waals surface area contributed by atoms with Gasteiger partial charge in [-0.25, -0.2) is 0 Å². The molecule has 2 heteroatoms. The molecule has 6 heavy (non-hydrogen) atoms. The molecule has 1 rings (SSSR count). The van der Waals surface area contributed by atoms with Gasteiger partial charge in [-0.2, -0.15) is 0 Å². The molecule has 1 aliphatic heterocycles. The summed E-state index contributed by atoms with van der Waals surface area (Å²) in [5.41, 5.74) is 0. The topological polar surface area (TPSA) is 32.8 Å². The highest BCUT2D eigenvalue weighted by Crippen LogP contribution is 1.84. The minimum absolute atomic E-state index is 1.00. The van der Waals surface area contributed by atoms with Crippen LogP contribution in [-0.2, 0) is 4.74 Å². The summed E-state index contributed by atoms with van der Waals surface area (Å²) in [5.74, 6) is 0. The Morgan fingerprint density at radius 3 is 1.83 bits per heavy atom. The Hall–Kier alpha value is -0.680. The Kier molecular flexibility index (Phi) is 3.83. The zero-order valence-electron chi connectivity index (χ0n) is 3.35. The van der Waals surface area contributed by atoms with Gasteiger partial charge in [0.25, 0.3) is 0 Å². The SMILES string of the molecule is C#CO.C1CO1. The van der Waals surface area contributed by atoms with Crippen molar-refractivity contribution >= 4 is 0 Å². The highest BCUT2D eigenvalue weighted by Gasteiger charge is 1.94. The van der Waals surface area contributed by atoms with E-state index in [1.54, 1.807) is 0 Å². The molecule has 1 fully saturated rings. The molecule has 34 valence electrons. The van der Waals surface area contributed by atoms with Gasteiger partial charge in [0.2, 0.25) is 0 Å². The van der Waals surface area contributed by atoms with Gasteiger partial charge in [-0.05, 0) is 0 Å². The molecular weight excluding hydrogens is 80.0 g/mol. The van der Waals surface area contributed by atoms with Crippen LogP contribution in [0, 0.1) is 12.5 Å². The van der Waals surface area contributed by atoms with E-state index in [0.717, 1.165) is 13.2 Å². The molecule has 1 heterocycles. The molecule has 0 bridgehead atoms. The lowest BCUT2D eigenvalue weighted by molar-refractivity contribution is 0.475. The molecule has 0 aromatic carbocycles. The number of terminal acetylenes is 1. The lowest BCUT2D eigenvalue weighted by Gasteiger charge is -1.32. The van der Waals surface area contributed by atoms with Gasteiger partial charge in [0.05, 0.1) is 13.2 Å². The summed E-state index contributed by atoms with van der Waals surface area (Å²) in [4.78, 5) is 0. The smallest absolute Gasteiger partial charge is 0.103 e. The van der Waals surface area contributed by atoms with E-state index in [4.69, 9.17) is 5.11 Å². The van der Waals surface area contributed by atoms with E-state index in [9.17, 15) is 0 Å². The summed E-state index contributed by atoms with van der Waals surface area (Å²) in [6.07, 6.45) is 5.40. The van der Waals surface area contributed by atoms with Gasteiger partial charge in [0.1, 0.15) is 6.11 Å². The van der Waals surface area contributed by atoms with Crippen molar-refractivity contribution in [2.75, 3.05) is 13.2 Å². The lowest BCUT2D eigenvalue weighted by atomic mass is 11.0.